The van der Waals surface area contributed by atoms with Crippen molar-refractivity contribution in [1.82, 2.24) is 4.98 Å². The minimum Gasteiger partial charge on any atom is -0.377 e. The molecule has 0 bridgehead atoms. The summed E-state index contributed by atoms with van der Waals surface area (Å²) in [5.74, 6) is 0.838. The summed E-state index contributed by atoms with van der Waals surface area (Å²) < 4.78 is 5.69. The maximum atomic E-state index is 5.69. The third-order valence-corrected chi connectivity index (χ3v) is 7.11. The molecule has 2 heterocycles. The Morgan fingerprint density at radius 2 is 1.88 bits per heavy atom. The van der Waals surface area contributed by atoms with Gasteiger partial charge in [-0.15, -0.1) is 0 Å². The highest BCUT2D eigenvalue weighted by atomic mass is 16.5. The number of nitrogens with zero attached hydrogens (tertiary/aromatic N) is 2. The molecule has 1 fully saturated rings. The van der Waals surface area contributed by atoms with E-state index in [1.54, 1.807) is 0 Å². The predicted molar refractivity (Wildman–Crippen MR) is 144 cm³/mol. The van der Waals surface area contributed by atoms with Crippen LogP contribution in [0.4, 0.5) is 5.69 Å². The lowest BCUT2D eigenvalue weighted by molar-refractivity contribution is 0.171. The van der Waals surface area contributed by atoms with Crippen LogP contribution in [0.15, 0.2) is 47.6 Å². The number of fused-ring (bicyclic) bond motifs is 1. The van der Waals surface area contributed by atoms with Crippen LogP contribution >= 0.6 is 0 Å². The van der Waals surface area contributed by atoms with Gasteiger partial charge in [0.25, 0.3) is 0 Å². The topological polar surface area (TPSA) is 25.4 Å². The van der Waals surface area contributed by atoms with Gasteiger partial charge in [-0.3, -0.25) is 0 Å². The summed E-state index contributed by atoms with van der Waals surface area (Å²) in [6.07, 6.45) is 5.77. The molecule has 0 aliphatic carbocycles. The van der Waals surface area contributed by atoms with E-state index in [4.69, 9.17) is 9.72 Å². The van der Waals surface area contributed by atoms with Crippen LogP contribution in [0.5, 0.6) is 0 Å². The van der Waals surface area contributed by atoms with Crippen LogP contribution in [0.1, 0.15) is 71.2 Å². The molecule has 1 aliphatic rings. The first-order chi connectivity index (χ1) is 15.8. The number of pyridine rings is 1. The van der Waals surface area contributed by atoms with Gasteiger partial charge in [-0.25, -0.2) is 4.98 Å². The minimum atomic E-state index is 0.602. The summed E-state index contributed by atoms with van der Waals surface area (Å²) in [6.45, 7) is 23.0. The average molecular weight is 447 g/mol. The quantitative estimate of drug-likeness (QED) is 0.389. The van der Waals surface area contributed by atoms with Gasteiger partial charge in [0.2, 0.25) is 0 Å². The van der Waals surface area contributed by atoms with E-state index in [1.807, 2.05) is 6.92 Å². The van der Waals surface area contributed by atoms with Crippen molar-refractivity contribution in [3.8, 4) is 0 Å². The molecule has 1 aromatic heterocycles. The number of hydrogen-bond acceptors (Lipinski definition) is 3. The van der Waals surface area contributed by atoms with E-state index in [0.717, 1.165) is 42.2 Å². The van der Waals surface area contributed by atoms with Gasteiger partial charge < -0.3 is 9.64 Å². The van der Waals surface area contributed by atoms with Gasteiger partial charge in [0.1, 0.15) is 0 Å². The van der Waals surface area contributed by atoms with Crippen LogP contribution in [0, 0.1) is 12.8 Å². The summed E-state index contributed by atoms with van der Waals surface area (Å²) in [5, 5.41) is 1.28. The predicted octanol–water partition coefficient (Wildman–Crippen LogP) is 7.67. The molecule has 33 heavy (non-hydrogen) atoms. The fourth-order valence-corrected chi connectivity index (χ4v) is 4.93. The zero-order valence-corrected chi connectivity index (χ0v) is 21.8. The molecule has 1 aromatic carbocycles. The second kappa shape index (κ2) is 11.2. The number of anilines is 1. The molecule has 3 nitrogen and oxygen atoms in total. The van der Waals surface area contributed by atoms with Crippen LogP contribution in [-0.2, 0) is 11.2 Å². The smallest absolute Gasteiger partial charge is 0.0721 e. The van der Waals surface area contributed by atoms with Crippen LogP contribution in [0.3, 0.4) is 0 Å². The van der Waals surface area contributed by atoms with Crippen molar-refractivity contribution in [3.05, 3.63) is 64.4 Å². The Hall–Kier alpha value is -2.39. The first-order valence-electron chi connectivity index (χ1n) is 12.6. The van der Waals surface area contributed by atoms with Gasteiger partial charge in [-0.05, 0) is 106 Å². The second-order valence-electron chi connectivity index (χ2n) is 9.69. The van der Waals surface area contributed by atoms with Gasteiger partial charge >= 0.3 is 0 Å². The maximum Gasteiger partial charge on any atom is 0.0721 e. The van der Waals surface area contributed by atoms with Crippen molar-refractivity contribution in [3.63, 3.8) is 0 Å². The second-order valence-corrected chi connectivity index (χ2v) is 9.69. The van der Waals surface area contributed by atoms with E-state index in [-0.39, 0.29) is 0 Å². The molecule has 0 unspecified atom stereocenters. The first kappa shape index (κ1) is 25.2. The van der Waals surface area contributed by atoms with Crippen LogP contribution in [0.25, 0.3) is 16.5 Å². The molecule has 0 saturated carbocycles. The molecule has 3 rings (SSSR count). The van der Waals surface area contributed by atoms with Crippen LogP contribution in [-0.4, -0.2) is 31.3 Å². The molecule has 1 saturated heterocycles. The Morgan fingerprint density at radius 3 is 2.48 bits per heavy atom. The van der Waals surface area contributed by atoms with E-state index < -0.39 is 0 Å². The molecule has 2 aromatic rings. The molecule has 0 N–H and O–H groups in total. The van der Waals surface area contributed by atoms with Crippen molar-refractivity contribution in [1.29, 1.82) is 0 Å². The molecule has 0 amide bonds. The van der Waals surface area contributed by atoms with Crippen molar-refractivity contribution < 1.29 is 4.74 Å². The van der Waals surface area contributed by atoms with E-state index in [1.165, 1.54) is 51.8 Å². The Bertz CT molecular complexity index is 1070. The maximum absolute atomic E-state index is 5.69. The Kier molecular flexibility index (Phi) is 8.53. The number of hydrogen-bond donors (Lipinski definition) is 0. The number of benzene rings is 1. The highest BCUT2D eigenvalue weighted by Crippen LogP contribution is 2.32. The SMILES string of the molecule is C=C(C)/C(COCC)=C(C)\C=C(/C)c1nc2ccc(N3CCC(C)CC3)cc2c(C)c1CC. The number of ether oxygens (including phenoxy) is 1. The third kappa shape index (κ3) is 5.76. The van der Waals surface area contributed by atoms with Gasteiger partial charge in [-0.1, -0.05) is 32.1 Å². The summed E-state index contributed by atoms with van der Waals surface area (Å²) in [6, 6.07) is 6.83. The molecule has 1 aliphatic heterocycles. The van der Waals surface area contributed by atoms with E-state index in [9.17, 15) is 0 Å². The number of aryl methyl sites for hydroxylation is 1. The monoisotopic (exact) mass is 446 g/mol. The number of rotatable bonds is 8. The van der Waals surface area contributed by atoms with Crippen molar-refractivity contribution >= 4 is 22.2 Å². The zero-order chi connectivity index (χ0) is 24.1. The largest absolute Gasteiger partial charge is 0.377 e. The lowest BCUT2D eigenvalue weighted by atomic mass is 9.94. The number of aromatic nitrogens is 1. The van der Waals surface area contributed by atoms with E-state index >= 15 is 0 Å². The lowest BCUT2D eigenvalue weighted by Crippen LogP contribution is -2.32. The molecule has 178 valence electrons. The van der Waals surface area contributed by atoms with Gasteiger partial charge in [0, 0.05) is 30.8 Å². The van der Waals surface area contributed by atoms with Gasteiger partial charge in [-0.2, -0.15) is 0 Å². The Balaban J connectivity index is 2.03. The van der Waals surface area contributed by atoms with Crippen LogP contribution in [0.2, 0.25) is 0 Å². The summed E-state index contributed by atoms with van der Waals surface area (Å²) in [5.41, 5.74) is 10.8. The Morgan fingerprint density at radius 1 is 1.18 bits per heavy atom. The fraction of sp³-hybridized carbons (Fsp3) is 0.500. The standard InChI is InChI=1S/C30H42N2O/c1-9-26-24(8)27-18-25(32-15-13-21(5)14-16-32)11-12-29(27)31-30(26)23(7)17-22(6)28(20(3)4)19-33-10-2/h11-12,17-18,21H,3,9-10,13-16,19H2,1-2,4-8H3/b23-17+,28-22-. The van der Waals surface area contributed by atoms with Gasteiger partial charge in [0.15, 0.2) is 0 Å². The normalized spacial score (nSPS) is 16.3. The summed E-state index contributed by atoms with van der Waals surface area (Å²) in [4.78, 5) is 7.70. The molecular weight excluding hydrogens is 404 g/mol. The van der Waals surface area contributed by atoms with Crippen LogP contribution < -0.4 is 4.90 Å². The molecule has 0 spiro atoms. The van der Waals surface area contributed by atoms with Crippen molar-refractivity contribution in [2.24, 2.45) is 5.92 Å². The lowest BCUT2D eigenvalue weighted by Gasteiger charge is -2.32. The van der Waals surface area contributed by atoms with E-state index in [2.05, 4.69) is 77.3 Å². The van der Waals surface area contributed by atoms with Gasteiger partial charge in [0.05, 0.1) is 17.8 Å². The summed E-state index contributed by atoms with van der Waals surface area (Å²) in [7, 11) is 0. The molecule has 0 atom stereocenters. The highest BCUT2D eigenvalue weighted by molar-refractivity contribution is 5.89. The van der Waals surface area contributed by atoms with Crippen molar-refractivity contribution in [2.45, 2.75) is 67.7 Å². The van der Waals surface area contributed by atoms with E-state index in [0.29, 0.717) is 13.2 Å². The molecular formula is C30H42N2O. The zero-order valence-electron chi connectivity index (χ0n) is 21.8. The first-order valence-corrected chi connectivity index (χ1v) is 12.6. The van der Waals surface area contributed by atoms with Crippen molar-refractivity contribution in [2.75, 3.05) is 31.2 Å². The fourth-order valence-electron chi connectivity index (χ4n) is 4.93. The number of allylic oxidation sites excluding steroid dienone is 3. The highest BCUT2D eigenvalue weighted by Gasteiger charge is 2.18. The molecule has 0 radical (unpaired) electrons. The Labute approximate surface area is 201 Å². The number of piperidine rings is 1. The minimum absolute atomic E-state index is 0.602. The third-order valence-electron chi connectivity index (χ3n) is 7.11. The average Bonchev–Trinajstić information content (AvgIpc) is 2.79. The summed E-state index contributed by atoms with van der Waals surface area (Å²) >= 11 is 0. The molecule has 3 heteroatoms.